The first kappa shape index (κ1) is 14.4. The van der Waals surface area contributed by atoms with Crippen molar-refractivity contribution < 1.29 is 4.74 Å². The molecule has 0 aliphatic heterocycles. The zero-order chi connectivity index (χ0) is 12.5. The van der Waals surface area contributed by atoms with Crippen molar-refractivity contribution in [2.24, 2.45) is 0 Å². The van der Waals surface area contributed by atoms with Gasteiger partial charge in [0.1, 0.15) is 5.75 Å². The van der Waals surface area contributed by atoms with Crippen molar-refractivity contribution in [1.82, 2.24) is 0 Å². The first-order chi connectivity index (χ1) is 8.22. The molecule has 0 heterocycles. The summed E-state index contributed by atoms with van der Waals surface area (Å²) in [5, 5.41) is 0.754. The van der Waals surface area contributed by atoms with E-state index < -0.39 is 0 Å². The molecule has 96 valence electrons. The molecule has 0 radical (unpaired) electrons. The second-order valence-corrected chi connectivity index (χ2v) is 5.02. The lowest BCUT2D eigenvalue weighted by atomic mass is 10.1. The van der Waals surface area contributed by atoms with Crippen LogP contribution in [0.4, 0.5) is 0 Å². The summed E-state index contributed by atoms with van der Waals surface area (Å²) in [6.45, 7) is 4.38. The van der Waals surface area contributed by atoms with Gasteiger partial charge in [-0.3, -0.25) is 0 Å². The lowest BCUT2D eigenvalue weighted by molar-refractivity contribution is 0.206. The maximum absolute atomic E-state index is 5.82. The molecule has 0 N–H and O–H groups in total. The average Bonchev–Trinajstić information content (AvgIpc) is 2.32. The third kappa shape index (κ3) is 6.58. The van der Waals surface area contributed by atoms with Gasteiger partial charge in [0.2, 0.25) is 0 Å². The van der Waals surface area contributed by atoms with Gasteiger partial charge in [0.05, 0.1) is 6.10 Å². The van der Waals surface area contributed by atoms with Crippen molar-refractivity contribution in [2.45, 2.75) is 58.5 Å². The minimum absolute atomic E-state index is 0.290. The van der Waals surface area contributed by atoms with Gasteiger partial charge in [-0.15, -0.1) is 0 Å². The average molecular weight is 255 g/mol. The second-order valence-electron chi connectivity index (χ2n) is 4.59. The molecule has 0 aliphatic rings. The monoisotopic (exact) mass is 254 g/mol. The zero-order valence-electron chi connectivity index (χ0n) is 10.9. The molecule has 1 unspecified atom stereocenters. The van der Waals surface area contributed by atoms with E-state index in [1.54, 1.807) is 0 Å². The SMILES string of the molecule is CCCCCCCC(C)Oc1ccc(Cl)cc1. The molecule has 0 aliphatic carbocycles. The number of rotatable bonds is 8. The molecule has 0 saturated carbocycles. The minimum Gasteiger partial charge on any atom is -0.491 e. The van der Waals surface area contributed by atoms with E-state index in [-0.39, 0.29) is 6.10 Å². The largest absolute Gasteiger partial charge is 0.491 e. The maximum Gasteiger partial charge on any atom is 0.119 e. The molecule has 0 aromatic heterocycles. The summed E-state index contributed by atoms with van der Waals surface area (Å²) in [6, 6.07) is 7.58. The van der Waals surface area contributed by atoms with Crippen LogP contribution in [0.3, 0.4) is 0 Å². The van der Waals surface area contributed by atoms with Gasteiger partial charge < -0.3 is 4.74 Å². The molecule has 1 aromatic carbocycles. The van der Waals surface area contributed by atoms with E-state index in [2.05, 4.69) is 13.8 Å². The predicted molar refractivity (Wildman–Crippen MR) is 74.9 cm³/mol. The maximum atomic E-state index is 5.82. The van der Waals surface area contributed by atoms with Crippen molar-refractivity contribution in [3.8, 4) is 5.75 Å². The van der Waals surface area contributed by atoms with Crippen molar-refractivity contribution in [2.75, 3.05) is 0 Å². The lowest BCUT2D eigenvalue weighted by Gasteiger charge is -2.14. The van der Waals surface area contributed by atoms with Crippen LogP contribution in [0.5, 0.6) is 5.75 Å². The van der Waals surface area contributed by atoms with E-state index >= 15 is 0 Å². The highest BCUT2D eigenvalue weighted by atomic mass is 35.5. The number of hydrogen-bond acceptors (Lipinski definition) is 1. The van der Waals surface area contributed by atoms with Crippen LogP contribution in [0.1, 0.15) is 52.4 Å². The van der Waals surface area contributed by atoms with Crippen LogP contribution >= 0.6 is 11.6 Å². The van der Waals surface area contributed by atoms with E-state index in [0.717, 1.165) is 17.2 Å². The van der Waals surface area contributed by atoms with Crippen LogP contribution in [0, 0.1) is 0 Å². The van der Waals surface area contributed by atoms with Gasteiger partial charge in [0.25, 0.3) is 0 Å². The Morgan fingerprint density at radius 1 is 1.06 bits per heavy atom. The Kier molecular flexibility index (Phi) is 7.11. The lowest BCUT2D eigenvalue weighted by Crippen LogP contribution is -2.11. The molecular formula is C15H23ClO. The number of benzene rings is 1. The molecule has 1 nitrogen and oxygen atoms in total. The van der Waals surface area contributed by atoms with Crippen LogP contribution in [0.25, 0.3) is 0 Å². The summed E-state index contributed by atoms with van der Waals surface area (Å²) in [5.74, 6) is 0.912. The van der Waals surface area contributed by atoms with Gasteiger partial charge in [-0.1, -0.05) is 44.2 Å². The smallest absolute Gasteiger partial charge is 0.119 e. The topological polar surface area (TPSA) is 9.23 Å². The molecule has 0 bridgehead atoms. The van der Waals surface area contributed by atoms with Crippen LogP contribution in [0.15, 0.2) is 24.3 Å². The third-order valence-electron chi connectivity index (χ3n) is 2.87. The van der Waals surface area contributed by atoms with Crippen LogP contribution in [-0.4, -0.2) is 6.10 Å². The van der Waals surface area contributed by atoms with Crippen LogP contribution < -0.4 is 4.74 Å². The van der Waals surface area contributed by atoms with E-state index in [0.29, 0.717) is 0 Å². The standard InChI is InChI=1S/C15H23ClO/c1-3-4-5-6-7-8-13(2)17-15-11-9-14(16)10-12-15/h9-13H,3-8H2,1-2H3. The molecule has 1 aromatic rings. The highest BCUT2D eigenvalue weighted by molar-refractivity contribution is 6.30. The fraction of sp³-hybridized carbons (Fsp3) is 0.600. The number of unbranched alkanes of at least 4 members (excludes halogenated alkanes) is 4. The van der Waals surface area contributed by atoms with Gasteiger partial charge in [0, 0.05) is 5.02 Å². The van der Waals surface area contributed by atoms with Crippen LogP contribution in [0.2, 0.25) is 5.02 Å². The van der Waals surface area contributed by atoms with Gasteiger partial charge in [-0.05, 0) is 44.0 Å². The summed E-state index contributed by atoms with van der Waals surface area (Å²) in [4.78, 5) is 0. The molecule has 0 fully saturated rings. The Bertz CT molecular complexity index is 294. The first-order valence-electron chi connectivity index (χ1n) is 6.64. The Balaban J connectivity index is 2.16. The number of ether oxygens (including phenoxy) is 1. The van der Waals surface area contributed by atoms with Crippen molar-refractivity contribution in [3.05, 3.63) is 29.3 Å². The second kappa shape index (κ2) is 8.41. The molecule has 2 heteroatoms. The van der Waals surface area contributed by atoms with Crippen LogP contribution in [-0.2, 0) is 0 Å². The Morgan fingerprint density at radius 3 is 2.35 bits per heavy atom. The van der Waals surface area contributed by atoms with Gasteiger partial charge in [-0.2, -0.15) is 0 Å². The predicted octanol–water partition coefficient (Wildman–Crippen LogP) is 5.47. The summed E-state index contributed by atoms with van der Waals surface area (Å²) >= 11 is 5.82. The fourth-order valence-corrected chi connectivity index (χ4v) is 1.97. The summed E-state index contributed by atoms with van der Waals surface area (Å²) in [5.41, 5.74) is 0. The Labute approximate surface area is 110 Å². The highest BCUT2D eigenvalue weighted by Crippen LogP contribution is 2.18. The Hall–Kier alpha value is -0.690. The van der Waals surface area contributed by atoms with E-state index in [1.807, 2.05) is 24.3 Å². The van der Waals surface area contributed by atoms with E-state index in [4.69, 9.17) is 16.3 Å². The molecule has 1 rings (SSSR count). The molecule has 1 atom stereocenters. The minimum atomic E-state index is 0.290. The van der Waals surface area contributed by atoms with E-state index in [9.17, 15) is 0 Å². The molecule has 0 amide bonds. The zero-order valence-corrected chi connectivity index (χ0v) is 11.7. The molecule has 0 saturated heterocycles. The van der Waals surface area contributed by atoms with Crippen molar-refractivity contribution >= 4 is 11.6 Å². The fourth-order valence-electron chi connectivity index (χ4n) is 1.84. The number of hydrogen-bond donors (Lipinski definition) is 0. The first-order valence-corrected chi connectivity index (χ1v) is 7.02. The summed E-state index contributed by atoms with van der Waals surface area (Å²) in [7, 11) is 0. The number of halogens is 1. The molecular weight excluding hydrogens is 232 g/mol. The normalized spacial score (nSPS) is 12.4. The highest BCUT2D eigenvalue weighted by Gasteiger charge is 2.03. The summed E-state index contributed by atoms with van der Waals surface area (Å²) < 4.78 is 5.82. The van der Waals surface area contributed by atoms with Gasteiger partial charge in [-0.25, -0.2) is 0 Å². The van der Waals surface area contributed by atoms with Gasteiger partial charge >= 0.3 is 0 Å². The van der Waals surface area contributed by atoms with Crippen molar-refractivity contribution in [1.29, 1.82) is 0 Å². The Morgan fingerprint density at radius 2 is 1.71 bits per heavy atom. The molecule has 17 heavy (non-hydrogen) atoms. The summed E-state index contributed by atoms with van der Waals surface area (Å²) in [6.07, 6.45) is 8.01. The van der Waals surface area contributed by atoms with Gasteiger partial charge in [0.15, 0.2) is 0 Å². The quantitative estimate of drug-likeness (QED) is 0.559. The van der Waals surface area contributed by atoms with Crippen molar-refractivity contribution in [3.63, 3.8) is 0 Å². The molecule has 0 spiro atoms. The third-order valence-corrected chi connectivity index (χ3v) is 3.12. The van der Waals surface area contributed by atoms with E-state index in [1.165, 1.54) is 32.1 Å².